The minimum absolute atomic E-state index is 0.102. The normalized spacial score (nSPS) is 12.5. The number of anilines is 1. The van der Waals surface area contributed by atoms with E-state index in [4.69, 9.17) is 0 Å². The highest BCUT2D eigenvalue weighted by Crippen LogP contribution is 2.25. The zero-order valence-corrected chi connectivity index (χ0v) is 15.3. The molecule has 0 saturated carbocycles. The summed E-state index contributed by atoms with van der Waals surface area (Å²) in [7, 11) is -3.90. The number of nitrogens with one attached hydrogen (secondary N) is 1. The van der Waals surface area contributed by atoms with Gasteiger partial charge in [0.1, 0.15) is 17.7 Å². The molecule has 2 aromatic carbocycles. The first-order valence-corrected chi connectivity index (χ1v) is 9.85. The number of rotatable bonds is 7. The number of carbonyl (C=O) groups is 1. The first kappa shape index (κ1) is 19.8. The lowest BCUT2D eigenvalue weighted by molar-refractivity contribution is -0.122. The van der Waals surface area contributed by atoms with Crippen molar-refractivity contribution in [1.29, 1.82) is 0 Å². The zero-order valence-electron chi connectivity index (χ0n) is 14.4. The van der Waals surface area contributed by atoms with Crippen molar-refractivity contribution in [3.63, 3.8) is 0 Å². The van der Waals surface area contributed by atoms with Crippen molar-refractivity contribution in [2.24, 2.45) is 0 Å². The van der Waals surface area contributed by atoms with Crippen LogP contribution >= 0.6 is 0 Å². The second-order valence-electron chi connectivity index (χ2n) is 5.78. The van der Waals surface area contributed by atoms with Gasteiger partial charge in [-0.05, 0) is 36.2 Å². The molecule has 0 heterocycles. The van der Waals surface area contributed by atoms with Crippen LogP contribution < -0.4 is 9.62 Å². The van der Waals surface area contributed by atoms with Gasteiger partial charge in [-0.1, -0.05) is 31.2 Å². The van der Waals surface area contributed by atoms with E-state index in [1.807, 2.05) is 0 Å². The van der Waals surface area contributed by atoms with Gasteiger partial charge in [-0.3, -0.25) is 9.10 Å². The zero-order chi connectivity index (χ0) is 19.3. The molecular weight excluding hydrogens is 362 g/mol. The first-order chi connectivity index (χ1) is 12.2. The molecule has 0 saturated heterocycles. The quantitative estimate of drug-likeness (QED) is 0.801. The highest BCUT2D eigenvalue weighted by Gasteiger charge is 2.32. The van der Waals surface area contributed by atoms with Gasteiger partial charge in [0, 0.05) is 6.54 Å². The predicted molar refractivity (Wildman–Crippen MR) is 96.0 cm³/mol. The van der Waals surface area contributed by atoms with Gasteiger partial charge in [0.15, 0.2) is 0 Å². The van der Waals surface area contributed by atoms with Crippen LogP contribution in [0.15, 0.2) is 48.5 Å². The molecule has 2 rings (SSSR count). The second kappa shape index (κ2) is 8.27. The van der Waals surface area contributed by atoms with Crippen molar-refractivity contribution in [2.45, 2.75) is 25.9 Å². The molecule has 1 N–H and O–H groups in total. The highest BCUT2D eigenvalue weighted by atomic mass is 32.2. The van der Waals surface area contributed by atoms with Gasteiger partial charge >= 0.3 is 0 Å². The molecule has 0 aromatic heterocycles. The third-order valence-corrected chi connectivity index (χ3v) is 4.97. The number of sulfonamides is 1. The molecule has 0 radical (unpaired) electrons. The standard InChI is InChI=1S/C18H20F2N2O3S/c1-3-16(18(23)21-12-13-8-10-14(19)11-9-13)22(26(2,24)25)17-7-5-4-6-15(17)20/h4-11,16H,3,12H2,1-2H3,(H,21,23). The maximum absolute atomic E-state index is 14.1. The Morgan fingerprint density at radius 2 is 1.73 bits per heavy atom. The molecular formula is C18H20F2N2O3S. The fourth-order valence-corrected chi connectivity index (χ4v) is 3.79. The number of carbonyl (C=O) groups excluding carboxylic acids is 1. The molecule has 0 fully saturated rings. The topological polar surface area (TPSA) is 66.5 Å². The van der Waals surface area contributed by atoms with Gasteiger partial charge in [-0.25, -0.2) is 17.2 Å². The van der Waals surface area contributed by atoms with Crippen molar-refractivity contribution in [3.05, 3.63) is 65.7 Å². The largest absolute Gasteiger partial charge is 0.350 e. The van der Waals surface area contributed by atoms with E-state index in [1.54, 1.807) is 6.92 Å². The second-order valence-corrected chi connectivity index (χ2v) is 7.64. The number of hydrogen-bond acceptors (Lipinski definition) is 3. The van der Waals surface area contributed by atoms with Crippen molar-refractivity contribution in [1.82, 2.24) is 5.32 Å². The van der Waals surface area contributed by atoms with Gasteiger partial charge in [0.05, 0.1) is 11.9 Å². The third-order valence-electron chi connectivity index (χ3n) is 3.80. The van der Waals surface area contributed by atoms with Crippen molar-refractivity contribution in [3.8, 4) is 0 Å². The molecule has 1 unspecified atom stereocenters. The summed E-state index contributed by atoms with van der Waals surface area (Å²) in [6, 6.07) is 9.84. The molecule has 0 aliphatic heterocycles. The lowest BCUT2D eigenvalue weighted by atomic mass is 10.1. The Morgan fingerprint density at radius 3 is 2.27 bits per heavy atom. The number of amides is 1. The Labute approximate surface area is 151 Å². The van der Waals surface area contributed by atoms with Crippen LogP contribution in [0.2, 0.25) is 0 Å². The Balaban J connectivity index is 2.25. The number of halogens is 2. The van der Waals surface area contributed by atoms with Crippen LogP contribution in [0.5, 0.6) is 0 Å². The van der Waals surface area contributed by atoms with E-state index in [0.717, 1.165) is 16.6 Å². The van der Waals surface area contributed by atoms with E-state index in [0.29, 0.717) is 5.56 Å². The summed E-state index contributed by atoms with van der Waals surface area (Å²) in [4.78, 5) is 12.6. The summed E-state index contributed by atoms with van der Waals surface area (Å²) < 4.78 is 52.4. The maximum Gasteiger partial charge on any atom is 0.244 e. The van der Waals surface area contributed by atoms with Gasteiger partial charge in [0.25, 0.3) is 0 Å². The number of hydrogen-bond donors (Lipinski definition) is 1. The molecule has 26 heavy (non-hydrogen) atoms. The summed E-state index contributed by atoms with van der Waals surface area (Å²) in [5.41, 5.74) is 0.477. The van der Waals surface area contributed by atoms with Crippen LogP contribution in [-0.4, -0.2) is 26.6 Å². The molecule has 1 amide bonds. The minimum Gasteiger partial charge on any atom is -0.350 e. The summed E-state index contributed by atoms with van der Waals surface area (Å²) in [5.74, 6) is -1.69. The predicted octanol–water partition coefficient (Wildman–Crippen LogP) is 2.83. The maximum atomic E-state index is 14.1. The van der Waals surface area contributed by atoms with Crippen molar-refractivity contribution >= 4 is 21.6 Å². The molecule has 0 aliphatic rings. The lowest BCUT2D eigenvalue weighted by Crippen LogP contribution is -2.49. The first-order valence-electron chi connectivity index (χ1n) is 8.00. The Kier molecular flexibility index (Phi) is 6.31. The van der Waals surface area contributed by atoms with Crippen LogP contribution in [-0.2, 0) is 21.4 Å². The summed E-state index contributed by atoms with van der Waals surface area (Å²) in [5, 5.41) is 2.62. The van der Waals surface area contributed by atoms with Crippen LogP contribution in [0.25, 0.3) is 0 Å². The number of benzene rings is 2. The third kappa shape index (κ3) is 4.78. The molecule has 1 atom stereocenters. The fourth-order valence-electron chi connectivity index (χ4n) is 2.58. The SMILES string of the molecule is CCC(C(=O)NCc1ccc(F)cc1)N(c1ccccc1F)S(C)(=O)=O. The Hall–Kier alpha value is -2.48. The lowest BCUT2D eigenvalue weighted by Gasteiger charge is -2.30. The summed E-state index contributed by atoms with van der Waals surface area (Å²) in [6.07, 6.45) is 1.08. The molecule has 5 nitrogen and oxygen atoms in total. The van der Waals surface area contributed by atoms with Crippen molar-refractivity contribution < 1.29 is 22.0 Å². The molecule has 0 aliphatic carbocycles. The van der Waals surface area contributed by atoms with Crippen LogP contribution in [0.3, 0.4) is 0 Å². The van der Waals surface area contributed by atoms with Gasteiger partial charge in [-0.2, -0.15) is 0 Å². The van der Waals surface area contributed by atoms with E-state index >= 15 is 0 Å². The summed E-state index contributed by atoms with van der Waals surface area (Å²) >= 11 is 0. The van der Waals surface area contributed by atoms with Crippen LogP contribution in [0, 0.1) is 11.6 Å². The number of para-hydroxylation sites is 1. The molecule has 140 valence electrons. The highest BCUT2D eigenvalue weighted by molar-refractivity contribution is 7.92. The Bertz CT molecular complexity index is 870. The smallest absolute Gasteiger partial charge is 0.244 e. The molecule has 0 bridgehead atoms. The Morgan fingerprint density at radius 1 is 1.12 bits per heavy atom. The van der Waals surface area contributed by atoms with Gasteiger partial charge in [-0.15, -0.1) is 0 Å². The van der Waals surface area contributed by atoms with E-state index in [-0.39, 0.29) is 18.7 Å². The summed E-state index contributed by atoms with van der Waals surface area (Å²) in [6.45, 7) is 1.74. The van der Waals surface area contributed by atoms with Crippen molar-refractivity contribution in [2.75, 3.05) is 10.6 Å². The van der Waals surface area contributed by atoms with E-state index in [2.05, 4.69) is 5.32 Å². The average molecular weight is 382 g/mol. The van der Waals surface area contributed by atoms with Crippen LogP contribution in [0.4, 0.5) is 14.5 Å². The van der Waals surface area contributed by atoms with E-state index in [1.165, 1.54) is 42.5 Å². The van der Waals surface area contributed by atoms with Gasteiger partial charge in [0.2, 0.25) is 15.9 Å². The molecule has 8 heteroatoms. The van der Waals surface area contributed by atoms with E-state index < -0.39 is 33.6 Å². The van der Waals surface area contributed by atoms with Crippen LogP contribution in [0.1, 0.15) is 18.9 Å². The van der Waals surface area contributed by atoms with Gasteiger partial charge < -0.3 is 5.32 Å². The van der Waals surface area contributed by atoms with E-state index in [9.17, 15) is 22.0 Å². The molecule has 0 spiro atoms. The molecule has 2 aromatic rings. The number of nitrogens with zero attached hydrogens (tertiary/aromatic N) is 1. The monoisotopic (exact) mass is 382 g/mol. The minimum atomic E-state index is -3.90. The average Bonchev–Trinajstić information content (AvgIpc) is 2.58. The fraction of sp³-hybridized carbons (Fsp3) is 0.278.